The van der Waals surface area contributed by atoms with Crippen LogP contribution in [-0.4, -0.2) is 28.5 Å². The fraction of sp³-hybridized carbons (Fsp3) is 1.00. The summed E-state index contributed by atoms with van der Waals surface area (Å²) in [5.74, 6) is 0. The summed E-state index contributed by atoms with van der Waals surface area (Å²) in [5, 5.41) is 18.0. The van der Waals surface area contributed by atoms with E-state index < -0.39 is 12.2 Å². The van der Waals surface area contributed by atoms with Crippen LogP contribution < -0.4 is 5.73 Å². The van der Waals surface area contributed by atoms with Gasteiger partial charge in [0.25, 0.3) is 0 Å². The van der Waals surface area contributed by atoms with Crippen LogP contribution in [0.25, 0.3) is 0 Å². The average molecular weight is 131 g/mol. The van der Waals surface area contributed by atoms with Crippen LogP contribution in [0.4, 0.5) is 0 Å². The van der Waals surface area contributed by atoms with Crippen LogP contribution in [0.15, 0.2) is 0 Å². The lowest BCUT2D eigenvalue weighted by atomic mass is 9.91. The van der Waals surface area contributed by atoms with E-state index in [1.807, 2.05) is 0 Å². The Kier molecular flexibility index (Phi) is 2.05. The summed E-state index contributed by atoms with van der Waals surface area (Å²) < 4.78 is 0. The molecule has 0 heterocycles. The molecule has 0 radical (unpaired) electrons. The maximum atomic E-state index is 9.02. The van der Waals surface area contributed by atoms with Crippen molar-refractivity contribution in [2.75, 3.05) is 0 Å². The Morgan fingerprint density at radius 3 is 2.22 bits per heavy atom. The van der Waals surface area contributed by atoms with Crippen LogP contribution in [0.2, 0.25) is 0 Å². The van der Waals surface area contributed by atoms with Crippen LogP contribution in [0.3, 0.4) is 0 Å². The molecule has 3 heteroatoms. The van der Waals surface area contributed by atoms with Crippen molar-refractivity contribution in [3.8, 4) is 0 Å². The summed E-state index contributed by atoms with van der Waals surface area (Å²) in [7, 11) is 0. The molecule has 0 saturated heterocycles. The molecule has 0 aliphatic heterocycles. The Morgan fingerprint density at radius 1 is 1.11 bits per heavy atom. The second kappa shape index (κ2) is 2.64. The second-order valence-corrected chi connectivity index (χ2v) is 2.71. The van der Waals surface area contributed by atoms with Gasteiger partial charge in [0.05, 0.1) is 12.2 Å². The molecule has 9 heavy (non-hydrogen) atoms. The van der Waals surface area contributed by atoms with E-state index >= 15 is 0 Å². The van der Waals surface area contributed by atoms with Gasteiger partial charge in [0.2, 0.25) is 0 Å². The molecule has 1 aliphatic carbocycles. The number of rotatable bonds is 0. The van der Waals surface area contributed by atoms with Crippen molar-refractivity contribution in [1.82, 2.24) is 0 Å². The monoisotopic (exact) mass is 131 g/mol. The molecule has 0 aromatic heterocycles. The molecule has 1 fully saturated rings. The van der Waals surface area contributed by atoms with Gasteiger partial charge in [0, 0.05) is 6.04 Å². The van der Waals surface area contributed by atoms with Crippen molar-refractivity contribution < 1.29 is 10.2 Å². The van der Waals surface area contributed by atoms with E-state index in [0.29, 0.717) is 12.8 Å². The van der Waals surface area contributed by atoms with Gasteiger partial charge in [-0.05, 0) is 19.3 Å². The third-order valence-electron chi connectivity index (χ3n) is 1.82. The molecule has 3 atom stereocenters. The van der Waals surface area contributed by atoms with E-state index in [1.54, 1.807) is 0 Å². The molecule has 0 spiro atoms. The highest BCUT2D eigenvalue weighted by atomic mass is 16.3. The summed E-state index contributed by atoms with van der Waals surface area (Å²) >= 11 is 0. The standard InChI is InChI=1S/C6H13NO2/c7-4-1-2-5(8)6(9)3-4/h4-6,8-9H,1-3,7H2/t4?,5-,6+/m1/s1. The highest BCUT2D eigenvalue weighted by molar-refractivity contribution is 4.80. The van der Waals surface area contributed by atoms with Crippen LogP contribution in [0.5, 0.6) is 0 Å². The first kappa shape index (κ1) is 6.99. The maximum Gasteiger partial charge on any atom is 0.0813 e. The van der Waals surface area contributed by atoms with Gasteiger partial charge >= 0.3 is 0 Å². The smallest absolute Gasteiger partial charge is 0.0813 e. The molecule has 0 amide bonds. The molecule has 1 saturated carbocycles. The largest absolute Gasteiger partial charge is 0.390 e. The van der Waals surface area contributed by atoms with Gasteiger partial charge in [-0.3, -0.25) is 0 Å². The molecule has 54 valence electrons. The molecule has 3 nitrogen and oxygen atoms in total. The molecule has 1 rings (SSSR count). The lowest BCUT2D eigenvalue weighted by Crippen LogP contribution is -2.39. The van der Waals surface area contributed by atoms with Crippen LogP contribution in [-0.2, 0) is 0 Å². The average Bonchev–Trinajstić information content (AvgIpc) is 1.80. The molecule has 0 aromatic rings. The molecule has 1 unspecified atom stereocenters. The molecular formula is C6H13NO2. The first-order valence-corrected chi connectivity index (χ1v) is 3.32. The minimum absolute atomic E-state index is 0.0865. The summed E-state index contributed by atoms with van der Waals surface area (Å²) in [6.45, 7) is 0. The highest BCUT2D eigenvalue weighted by Crippen LogP contribution is 2.16. The second-order valence-electron chi connectivity index (χ2n) is 2.71. The van der Waals surface area contributed by atoms with Crippen molar-refractivity contribution in [2.24, 2.45) is 5.73 Å². The number of aliphatic hydroxyl groups is 2. The zero-order chi connectivity index (χ0) is 6.85. The Bertz CT molecular complexity index is 97.1. The summed E-state index contributed by atoms with van der Waals surface area (Å²) in [6, 6.07) is 0.0865. The fourth-order valence-electron chi connectivity index (χ4n) is 1.16. The van der Waals surface area contributed by atoms with E-state index in [9.17, 15) is 0 Å². The van der Waals surface area contributed by atoms with Gasteiger partial charge in [0.1, 0.15) is 0 Å². The van der Waals surface area contributed by atoms with E-state index in [4.69, 9.17) is 15.9 Å². The maximum absolute atomic E-state index is 9.02. The Morgan fingerprint density at radius 2 is 1.78 bits per heavy atom. The Labute approximate surface area is 54.5 Å². The number of hydrogen-bond donors (Lipinski definition) is 3. The number of hydrogen-bond acceptors (Lipinski definition) is 3. The lowest BCUT2D eigenvalue weighted by Gasteiger charge is -2.27. The molecule has 0 aromatic carbocycles. The molecule has 4 N–H and O–H groups in total. The van der Waals surface area contributed by atoms with Crippen molar-refractivity contribution in [3.05, 3.63) is 0 Å². The van der Waals surface area contributed by atoms with E-state index in [2.05, 4.69) is 0 Å². The van der Waals surface area contributed by atoms with Gasteiger partial charge in [0.15, 0.2) is 0 Å². The minimum atomic E-state index is -0.589. The minimum Gasteiger partial charge on any atom is -0.390 e. The quantitative estimate of drug-likeness (QED) is 0.404. The number of aliphatic hydroxyl groups excluding tert-OH is 2. The first-order valence-electron chi connectivity index (χ1n) is 3.32. The van der Waals surface area contributed by atoms with Crippen molar-refractivity contribution in [2.45, 2.75) is 37.5 Å². The zero-order valence-electron chi connectivity index (χ0n) is 5.33. The van der Waals surface area contributed by atoms with Gasteiger partial charge in [-0.1, -0.05) is 0 Å². The van der Waals surface area contributed by atoms with Crippen LogP contribution in [0, 0.1) is 0 Å². The molecule has 1 aliphatic rings. The predicted molar refractivity (Wildman–Crippen MR) is 33.8 cm³/mol. The third-order valence-corrected chi connectivity index (χ3v) is 1.82. The normalized spacial score (nSPS) is 45.0. The predicted octanol–water partition coefficient (Wildman–Crippen LogP) is -0.781. The summed E-state index contributed by atoms with van der Waals surface area (Å²) in [4.78, 5) is 0. The van der Waals surface area contributed by atoms with Crippen molar-refractivity contribution in [3.63, 3.8) is 0 Å². The van der Waals surface area contributed by atoms with Crippen LogP contribution in [0.1, 0.15) is 19.3 Å². The van der Waals surface area contributed by atoms with Crippen LogP contribution >= 0.6 is 0 Å². The first-order chi connectivity index (χ1) is 4.20. The molecular weight excluding hydrogens is 118 g/mol. The van der Waals surface area contributed by atoms with E-state index in [0.717, 1.165) is 6.42 Å². The zero-order valence-corrected chi connectivity index (χ0v) is 5.33. The SMILES string of the molecule is NC1CC[C@@H](O)[C@@H](O)C1. The van der Waals surface area contributed by atoms with Gasteiger partial charge in [-0.15, -0.1) is 0 Å². The van der Waals surface area contributed by atoms with Gasteiger partial charge in [-0.25, -0.2) is 0 Å². The topological polar surface area (TPSA) is 66.5 Å². The Balaban J connectivity index is 2.35. The summed E-state index contributed by atoms with van der Waals surface area (Å²) in [5.41, 5.74) is 5.52. The Hall–Kier alpha value is -0.120. The van der Waals surface area contributed by atoms with Crippen molar-refractivity contribution >= 4 is 0 Å². The summed E-state index contributed by atoms with van der Waals surface area (Å²) in [6.07, 6.45) is 0.889. The number of nitrogens with two attached hydrogens (primary N) is 1. The lowest BCUT2D eigenvalue weighted by molar-refractivity contribution is -0.0140. The third kappa shape index (κ3) is 1.64. The molecule has 0 bridgehead atoms. The van der Waals surface area contributed by atoms with Gasteiger partial charge < -0.3 is 15.9 Å². The van der Waals surface area contributed by atoms with Crippen molar-refractivity contribution in [1.29, 1.82) is 0 Å². The highest BCUT2D eigenvalue weighted by Gasteiger charge is 2.24. The van der Waals surface area contributed by atoms with Gasteiger partial charge in [-0.2, -0.15) is 0 Å². The van der Waals surface area contributed by atoms with E-state index in [1.165, 1.54) is 0 Å². The fourth-order valence-corrected chi connectivity index (χ4v) is 1.16. The van der Waals surface area contributed by atoms with E-state index in [-0.39, 0.29) is 6.04 Å².